The second-order valence-electron chi connectivity index (χ2n) is 4.68. The largest absolute Gasteiger partial charge is 0.317 e. The van der Waals surface area contributed by atoms with Crippen LogP contribution in [0, 0.1) is 17.8 Å². The molecule has 1 N–H and O–H groups in total. The summed E-state index contributed by atoms with van der Waals surface area (Å²) in [7, 11) is 2.11. The maximum atomic E-state index is 3.46. The Bertz CT molecular complexity index is 144. The maximum Gasteiger partial charge on any atom is 0.00925 e. The van der Waals surface area contributed by atoms with Gasteiger partial charge in [0.05, 0.1) is 0 Å². The molecule has 0 amide bonds. The molecule has 4 unspecified atom stereocenters. The van der Waals surface area contributed by atoms with Gasteiger partial charge in [-0.1, -0.05) is 33.6 Å². The molecule has 1 nitrogen and oxygen atoms in total. The standard InChI is InChI=1S/C12H25N/c1-5-10-7-9(3)12(13-4)8-11(10)6-2/h9-13H,5-8H2,1-4H3. The average Bonchev–Trinajstić information content (AvgIpc) is 2.17. The molecule has 0 spiro atoms. The molecule has 13 heavy (non-hydrogen) atoms. The molecule has 78 valence electrons. The minimum Gasteiger partial charge on any atom is -0.317 e. The van der Waals surface area contributed by atoms with Crippen LogP contribution in [0.25, 0.3) is 0 Å². The van der Waals surface area contributed by atoms with Crippen molar-refractivity contribution in [1.29, 1.82) is 0 Å². The van der Waals surface area contributed by atoms with E-state index in [9.17, 15) is 0 Å². The van der Waals surface area contributed by atoms with Crippen molar-refractivity contribution in [3.63, 3.8) is 0 Å². The molecular formula is C12H25N. The molecule has 0 aromatic carbocycles. The molecule has 1 heteroatoms. The molecule has 0 saturated heterocycles. The molecule has 1 fully saturated rings. The molecule has 0 bridgehead atoms. The Morgan fingerprint density at radius 1 is 1.08 bits per heavy atom. The van der Waals surface area contributed by atoms with E-state index < -0.39 is 0 Å². The molecule has 0 aromatic rings. The van der Waals surface area contributed by atoms with Crippen LogP contribution >= 0.6 is 0 Å². The summed E-state index contributed by atoms with van der Waals surface area (Å²) in [4.78, 5) is 0. The van der Waals surface area contributed by atoms with Crippen molar-refractivity contribution in [2.75, 3.05) is 7.05 Å². The zero-order chi connectivity index (χ0) is 9.84. The van der Waals surface area contributed by atoms with E-state index in [1.807, 2.05) is 0 Å². The van der Waals surface area contributed by atoms with Crippen LogP contribution in [-0.2, 0) is 0 Å². The quantitative estimate of drug-likeness (QED) is 0.709. The summed E-state index contributed by atoms with van der Waals surface area (Å²) in [6.45, 7) is 7.09. The van der Waals surface area contributed by atoms with E-state index in [-0.39, 0.29) is 0 Å². The summed E-state index contributed by atoms with van der Waals surface area (Å²) in [6, 6.07) is 0.771. The number of hydrogen-bond acceptors (Lipinski definition) is 1. The predicted octanol–water partition coefficient (Wildman–Crippen LogP) is 3.06. The fourth-order valence-electron chi connectivity index (χ4n) is 2.99. The summed E-state index contributed by atoms with van der Waals surface area (Å²) in [5.41, 5.74) is 0. The molecule has 1 saturated carbocycles. The van der Waals surface area contributed by atoms with Crippen molar-refractivity contribution in [1.82, 2.24) is 5.32 Å². The number of hydrogen-bond donors (Lipinski definition) is 1. The average molecular weight is 183 g/mol. The highest BCUT2D eigenvalue weighted by molar-refractivity contribution is 4.86. The molecule has 0 aromatic heterocycles. The third kappa shape index (κ3) is 2.46. The monoisotopic (exact) mass is 183 g/mol. The summed E-state index contributed by atoms with van der Waals surface area (Å²) in [5.74, 6) is 2.83. The van der Waals surface area contributed by atoms with E-state index in [0.29, 0.717) is 0 Å². The van der Waals surface area contributed by atoms with Crippen LogP contribution < -0.4 is 5.32 Å². The minimum absolute atomic E-state index is 0.771. The Kier molecular flexibility index (Phi) is 4.24. The van der Waals surface area contributed by atoms with Crippen LogP contribution in [-0.4, -0.2) is 13.1 Å². The highest BCUT2D eigenvalue weighted by atomic mass is 14.9. The fourth-order valence-corrected chi connectivity index (χ4v) is 2.99. The van der Waals surface area contributed by atoms with Crippen LogP contribution in [0.5, 0.6) is 0 Å². The van der Waals surface area contributed by atoms with E-state index in [0.717, 1.165) is 23.8 Å². The zero-order valence-electron chi connectivity index (χ0n) is 9.64. The summed E-state index contributed by atoms with van der Waals surface area (Å²) in [5, 5.41) is 3.46. The van der Waals surface area contributed by atoms with Gasteiger partial charge >= 0.3 is 0 Å². The van der Waals surface area contributed by atoms with E-state index in [2.05, 4.69) is 33.1 Å². The molecule has 1 rings (SSSR count). The molecule has 0 heterocycles. The van der Waals surface area contributed by atoms with Gasteiger partial charge < -0.3 is 5.32 Å². The summed E-state index contributed by atoms with van der Waals surface area (Å²) >= 11 is 0. The van der Waals surface area contributed by atoms with Crippen molar-refractivity contribution < 1.29 is 0 Å². The summed E-state index contributed by atoms with van der Waals surface area (Å²) < 4.78 is 0. The molecular weight excluding hydrogens is 158 g/mol. The normalized spacial score (nSPS) is 40.6. The van der Waals surface area contributed by atoms with Gasteiger partial charge in [-0.25, -0.2) is 0 Å². The first-order valence-corrected chi connectivity index (χ1v) is 5.90. The van der Waals surface area contributed by atoms with Crippen molar-refractivity contribution >= 4 is 0 Å². The van der Waals surface area contributed by atoms with Crippen LogP contribution in [0.2, 0.25) is 0 Å². The second-order valence-corrected chi connectivity index (χ2v) is 4.68. The molecule has 0 aliphatic heterocycles. The first-order valence-electron chi connectivity index (χ1n) is 5.90. The third-order valence-electron chi connectivity index (χ3n) is 4.00. The van der Waals surface area contributed by atoms with Crippen molar-refractivity contribution in [2.45, 2.75) is 52.5 Å². The lowest BCUT2D eigenvalue weighted by molar-refractivity contribution is 0.141. The van der Waals surface area contributed by atoms with Crippen molar-refractivity contribution in [3.8, 4) is 0 Å². The third-order valence-corrected chi connectivity index (χ3v) is 4.00. The van der Waals surface area contributed by atoms with Gasteiger partial charge in [-0.2, -0.15) is 0 Å². The lowest BCUT2D eigenvalue weighted by Crippen LogP contribution is -2.41. The first-order chi connectivity index (χ1) is 6.22. The zero-order valence-corrected chi connectivity index (χ0v) is 9.64. The van der Waals surface area contributed by atoms with Gasteiger partial charge in [-0.05, 0) is 37.6 Å². The molecule has 1 aliphatic rings. The van der Waals surface area contributed by atoms with Gasteiger partial charge in [0.25, 0.3) is 0 Å². The lowest BCUT2D eigenvalue weighted by Gasteiger charge is -2.39. The first kappa shape index (κ1) is 11.0. The van der Waals surface area contributed by atoms with Gasteiger partial charge in [0.2, 0.25) is 0 Å². The topological polar surface area (TPSA) is 12.0 Å². The highest BCUT2D eigenvalue weighted by Crippen LogP contribution is 2.37. The Labute approximate surface area is 83.3 Å². The van der Waals surface area contributed by atoms with Crippen LogP contribution in [0.1, 0.15) is 46.5 Å². The van der Waals surface area contributed by atoms with Gasteiger partial charge in [-0.3, -0.25) is 0 Å². The van der Waals surface area contributed by atoms with E-state index in [1.54, 1.807) is 0 Å². The van der Waals surface area contributed by atoms with Gasteiger partial charge in [-0.15, -0.1) is 0 Å². The number of nitrogens with one attached hydrogen (secondary N) is 1. The summed E-state index contributed by atoms with van der Waals surface area (Å²) in [6.07, 6.45) is 5.57. The van der Waals surface area contributed by atoms with Crippen LogP contribution in [0.3, 0.4) is 0 Å². The van der Waals surface area contributed by atoms with Crippen molar-refractivity contribution in [3.05, 3.63) is 0 Å². The van der Waals surface area contributed by atoms with Crippen LogP contribution in [0.4, 0.5) is 0 Å². The van der Waals surface area contributed by atoms with Gasteiger partial charge in [0.1, 0.15) is 0 Å². The fraction of sp³-hybridized carbons (Fsp3) is 1.00. The second kappa shape index (κ2) is 4.99. The Balaban J connectivity index is 2.54. The number of rotatable bonds is 3. The minimum atomic E-state index is 0.771. The van der Waals surface area contributed by atoms with E-state index in [1.165, 1.54) is 25.7 Å². The molecule has 1 aliphatic carbocycles. The highest BCUT2D eigenvalue weighted by Gasteiger charge is 2.31. The molecule has 4 atom stereocenters. The Morgan fingerprint density at radius 2 is 1.62 bits per heavy atom. The predicted molar refractivity (Wildman–Crippen MR) is 58.8 cm³/mol. The van der Waals surface area contributed by atoms with E-state index >= 15 is 0 Å². The molecule has 0 radical (unpaired) electrons. The van der Waals surface area contributed by atoms with Gasteiger partial charge in [0, 0.05) is 6.04 Å². The van der Waals surface area contributed by atoms with Gasteiger partial charge in [0.15, 0.2) is 0 Å². The lowest BCUT2D eigenvalue weighted by atomic mass is 9.70. The Hall–Kier alpha value is -0.0400. The maximum absolute atomic E-state index is 3.46. The van der Waals surface area contributed by atoms with Crippen molar-refractivity contribution in [2.24, 2.45) is 17.8 Å². The Morgan fingerprint density at radius 3 is 2.08 bits per heavy atom. The SMILES string of the molecule is CCC1CC(C)C(NC)CC1CC. The van der Waals surface area contributed by atoms with E-state index in [4.69, 9.17) is 0 Å². The smallest absolute Gasteiger partial charge is 0.00925 e. The van der Waals surface area contributed by atoms with Crippen LogP contribution in [0.15, 0.2) is 0 Å².